The Hall–Kier alpha value is -2.23. The molecule has 0 aliphatic carbocycles. The number of carbonyl (C=O) groups excluding carboxylic acids is 1. The fraction of sp³-hybridized carbons (Fsp3) is 0.364. The fourth-order valence-electron chi connectivity index (χ4n) is 1.36. The number of hydrogen-bond donors (Lipinski definition) is 1. The summed E-state index contributed by atoms with van der Waals surface area (Å²) in [7, 11) is 0. The molecule has 5 nitrogen and oxygen atoms in total. The van der Waals surface area contributed by atoms with Crippen LogP contribution in [0.2, 0.25) is 0 Å². The number of rotatable bonds is 4. The minimum Gasteiger partial charge on any atom is -0.466 e. The van der Waals surface area contributed by atoms with Crippen LogP contribution in [0.4, 0.5) is 8.78 Å². The van der Waals surface area contributed by atoms with Gasteiger partial charge in [0.25, 0.3) is 6.43 Å². The lowest BCUT2D eigenvalue weighted by Gasteiger charge is -2.07. The normalized spacial score (nSPS) is 10.2. The maximum Gasteiger partial charge on any atom is 0.311 e. The van der Waals surface area contributed by atoms with E-state index in [-0.39, 0.29) is 17.9 Å². The molecule has 0 radical (unpaired) electrons. The number of pyridine rings is 1. The number of nitriles is 1. The van der Waals surface area contributed by atoms with Crippen molar-refractivity contribution >= 4 is 5.97 Å². The quantitative estimate of drug-likeness (QED) is 0.823. The first-order valence-electron chi connectivity index (χ1n) is 5.09. The summed E-state index contributed by atoms with van der Waals surface area (Å²) in [6, 6.07) is 2.23. The number of nitrogens with zero attached hydrogens (tertiary/aromatic N) is 1. The van der Waals surface area contributed by atoms with Gasteiger partial charge in [0, 0.05) is 11.8 Å². The highest BCUT2D eigenvalue weighted by Gasteiger charge is 2.17. The summed E-state index contributed by atoms with van der Waals surface area (Å²) in [6.07, 6.45) is -3.31. The van der Waals surface area contributed by atoms with E-state index in [2.05, 4.69) is 9.72 Å². The molecule has 0 spiro atoms. The Bertz CT molecular complexity index is 546. The van der Waals surface area contributed by atoms with E-state index in [1.54, 1.807) is 13.0 Å². The van der Waals surface area contributed by atoms with Crippen LogP contribution in [0, 0.1) is 11.3 Å². The van der Waals surface area contributed by atoms with Crippen molar-refractivity contribution in [3.05, 3.63) is 33.2 Å². The molecule has 1 N–H and O–H groups in total. The smallest absolute Gasteiger partial charge is 0.311 e. The number of halogens is 2. The predicted octanol–water partition coefficient (Wildman–Crippen LogP) is 1.29. The van der Waals surface area contributed by atoms with Crippen molar-refractivity contribution in [1.29, 1.82) is 5.26 Å². The number of ether oxygens (including phenoxy) is 1. The molecule has 96 valence electrons. The minimum absolute atomic E-state index is 0.124. The minimum atomic E-state index is -2.88. The number of nitrogens with one attached hydrogen (secondary N) is 1. The van der Waals surface area contributed by atoms with Crippen LogP contribution in [0.25, 0.3) is 0 Å². The van der Waals surface area contributed by atoms with E-state index in [0.29, 0.717) is 6.07 Å². The molecule has 0 fully saturated rings. The van der Waals surface area contributed by atoms with E-state index >= 15 is 0 Å². The van der Waals surface area contributed by atoms with E-state index in [9.17, 15) is 18.4 Å². The second-order valence-electron chi connectivity index (χ2n) is 3.34. The average Bonchev–Trinajstić information content (AvgIpc) is 2.28. The van der Waals surface area contributed by atoms with Crippen LogP contribution in [0.3, 0.4) is 0 Å². The standard InChI is InChI=1S/C11H10F2N2O3/c1-2-18-10(17)4-7-6(5-14)9(16)3-8(15-7)11(12)13/h3,11H,2,4H2,1H3,(H,15,16). The molecule has 1 rings (SSSR count). The Morgan fingerprint density at radius 2 is 2.28 bits per heavy atom. The van der Waals surface area contributed by atoms with Crippen LogP contribution >= 0.6 is 0 Å². The van der Waals surface area contributed by atoms with Gasteiger partial charge in [-0.05, 0) is 6.92 Å². The molecule has 0 aliphatic rings. The lowest BCUT2D eigenvalue weighted by atomic mass is 10.1. The van der Waals surface area contributed by atoms with Gasteiger partial charge in [-0.3, -0.25) is 9.59 Å². The number of carbonyl (C=O) groups is 1. The highest BCUT2D eigenvalue weighted by Crippen LogP contribution is 2.16. The summed E-state index contributed by atoms with van der Waals surface area (Å²) in [5.41, 5.74) is -1.98. The van der Waals surface area contributed by atoms with Crippen molar-refractivity contribution < 1.29 is 18.3 Å². The highest BCUT2D eigenvalue weighted by atomic mass is 19.3. The molecular formula is C11H10F2N2O3. The number of hydrogen-bond acceptors (Lipinski definition) is 4. The summed E-state index contributed by atoms with van der Waals surface area (Å²) in [4.78, 5) is 24.9. The zero-order chi connectivity index (χ0) is 13.7. The summed E-state index contributed by atoms with van der Waals surface area (Å²) in [5, 5.41) is 8.76. The first kappa shape index (κ1) is 13.8. The third kappa shape index (κ3) is 3.13. The lowest BCUT2D eigenvalue weighted by molar-refractivity contribution is -0.142. The lowest BCUT2D eigenvalue weighted by Crippen LogP contribution is -2.17. The molecule has 0 bridgehead atoms. The van der Waals surface area contributed by atoms with Crippen molar-refractivity contribution in [1.82, 2.24) is 4.98 Å². The third-order valence-electron chi connectivity index (χ3n) is 2.10. The first-order chi connectivity index (χ1) is 8.49. The van der Waals surface area contributed by atoms with Gasteiger partial charge in [-0.25, -0.2) is 8.78 Å². The van der Waals surface area contributed by atoms with Crippen LogP contribution in [-0.2, 0) is 16.0 Å². The van der Waals surface area contributed by atoms with Crippen molar-refractivity contribution in [3.8, 4) is 6.07 Å². The summed E-state index contributed by atoms with van der Waals surface area (Å²) < 4.78 is 29.6. The average molecular weight is 256 g/mol. The van der Waals surface area contributed by atoms with E-state index in [1.807, 2.05) is 0 Å². The predicted molar refractivity (Wildman–Crippen MR) is 57.1 cm³/mol. The number of esters is 1. The van der Waals surface area contributed by atoms with E-state index in [4.69, 9.17) is 5.26 Å². The van der Waals surface area contributed by atoms with Gasteiger partial charge < -0.3 is 9.72 Å². The molecule has 18 heavy (non-hydrogen) atoms. The fourth-order valence-corrected chi connectivity index (χ4v) is 1.36. The molecule has 1 aromatic rings. The Balaban J connectivity index is 3.19. The second-order valence-corrected chi connectivity index (χ2v) is 3.34. The molecule has 0 atom stereocenters. The number of alkyl halides is 2. The SMILES string of the molecule is CCOC(=O)Cc1[nH]c(C(F)F)cc(=O)c1C#N. The maximum absolute atomic E-state index is 12.5. The summed E-state index contributed by atoms with van der Waals surface area (Å²) >= 11 is 0. The Morgan fingerprint density at radius 1 is 1.61 bits per heavy atom. The van der Waals surface area contributed by atoms with Crippen LogP contribution in [0.1, 0.15) is 30.3 Å². The van der Waals surface area contributed by atoms with Crippen LogP contribution in [0.15, 0.2) is 10.9 Å². The van der Waals surface area contributed by atoms with Crippen LogP contribution in [-0.4, -0.2) is 17.6 Å². The molecule has 0 saturated carbocycles. The Morgan fingerprint density at radius 3 is 2.78 bits per heavy atom. The molecule has 1 heterocycles. The van der Waals surface area contributed by atoms with E-state index in [1.165, 1.54) is 0 Å². The van der Waals surface area contributed by atoms with Gasteiger partial charge >= 0.3 is 5.97 Å². The van der Waals surface area contributed by atoms with Crippen molar-refractivity contribution in [2.24, 2.45) is 0 Å². The molecule has 1 aromatic heterocycles. The third-order valence-corrected chi connectivity index (χ3v) is 2.10. The molecule has 0 aromatic carbocycles. The van der Waals surface area contributed by atoms with Crippen LogP contribution < -0.4 is 5.43 Å². The van der Waals surface area contributed by atoms with Gasteiger partial charge in [-0.2, -0.15) is 5.26 Å². The van der Waals surface area contributed by atoms with Gasteiger partial charge in [0.1, 0.15) is 11.6 Å². The molecular weight excluding hydrogens is 246 g/mol. The zero-order valence-corrected chi connectivity index (χ0v) is 9.50. The van der Waals surface area contributed by atoms with Crippen LogP contribution in [0.5, 0.6) is 0 Å². The summed E-state index contributed by atoms with van der Waals surface area (Å²) in [6.45, 7) is 1.71. The van der Waals surface area contributed by atoms with Gasteiger partial charge in [-0.15, -0.1) is 0 Å². The van der Waals surface area contributed by atoms with E-state index < -0.39 is 29.9 Å². The monoisotopic (exact) mass is 256 g/mol. The first-order valence-corrected chi connectivity index (χ1v) is 5.09. The van der Waals surface area contributed by atoms with E-state index in [0.717, 1.165) is 0 Å². The Kier molecular flexibility index (Phi) is 4.54. The zero-order valence-electron chi connectivity index (χ0n) is 9.50. The van der Waals surface area contributed by atoms with Gasteiger partial charge in [0.15, 0.2) is 5.43 Å². The van der Waals surface area contributed by atoms with Gasteiger partial charge in [0.2, 0.25) is 0 Å². The molecule has 0 saturated heterocycles. The highest BCUT2D eigenvalue weighted by molar-refractivity contribution is 5.72. The number of aromatic amines is 1. The molecule has 0 aliphatic heterocycles. The van der Waals surface area contributed by atoms with Crippen molar-refractivity contribution in [3.63, 3.8) is 0 Å². The largest absolute Gasteiger partial charge is 0.466 e. The number of aromatic nitrogens is 1. The topological polar surface area (TPSA) is 83.0 Å². The van der Waals surface area contributed by atoms with Gasteiger partial charge in [0.05, 0.1) is 18.7 Å². The maximum atomic E-state index is 12.5. The van der Waals surface area contributed by atoms with Crippen molar-refractivity contribution in [2.45, 2.75) is 19.8 Å². The number of H-pyrrole nitrogens is 1. The molecule has 7 heteroatoms. The summed E-state index contributed by atoms with van der Waals surface area (Å²) in [5.74, 6) is -0.698. The molecule has 0 amide bonds. The Labute approximate surface area is 101 Å². The molecule has 0 unspecified atom stereocenters. The van der Waals surface area contributed by atoms with Crippen molar-refractivity contribution in [2.75, 3.05) is 6.61 Å². The second kappa shape index (κ2) is 5.91. The van der Waals surface area contributed by atoms with Gasteiger partial charge in [-0.1, -0.05) is 0 Å².